The van der Waals surface area contributed by atoms with Gasteiger partial charge in [0.15, 0.2) is 0 Å². The van der Waals surface area contributed by atoms with Crippen LogP contribution in [0.2, 0.25) is 0 Å². The first kappa shape index (κ1) is 13.6. The lowest BCUT2D eigenvalue weighted by molar-refractivity contribution is 0.413. The van der Waals surface area contributed by atoms with E-state index >= 15 is 0 Å². The summed E-state index contributed by atoms with van der Waals surface area (Å²) < 4.78 is 31.7. The van der Waals surface area contributed by atoms with Crippen LogP contribution in [0.15, 0.2) is 34.8 Å². The molecule has 0 bridgehead atoms. The molecule has 0 amide bonds. The van der Waals surface area contributed by atoms with Crippen LogP contribution in [0.3, 0.4) is 0 Å². The van der Waals surface area contributed by atoms with E-state index in [2.05, 4.69) is 21.2 Å². The summed E-state index contributed by atoms with van der Waals surface area (Å²) in [6, 6.07) is 6.76. The highest BCUT2D eigenvalue weighted by Gasteiger charge is 2.09. The van der Waals surface area contributed by atoms with Crippen molar-refractivity contribution in [2.24, 2.45) is 0 Å². The molecule has 0 aliphatic rings. The average molecular weight is 329 g/mol. The Morgan fingerprint density at radius 3 is 2.58 bits per heavy atom. The molecule has 3 nitrogen and oxygen atoms in total. The Labute approximate surface area is 117 Å². The van der Waals surface area contributed by atoms with Crippen molar-refractivity contribution < 1.29 is 13.5 Å². The van der Waals surface area contributed by atoms with E-state index in [1.54, 1.807) is 0 Å². The van der Waals surface area contributed by atoms with Crippen molar-refractivity contribution in [3.8, 4) is 5.75 Å². The minimum absolute atomic E-state index is 0.243. The zero-order valence-electron chi connectivity index (χ0n) is 10.0. The van der Waals surface area contributed by atoms with Gasteiger partial charge in [0.05, 0.1) is 28.6 Å². The van der Waals surface area contributed by atoms with Crippen LogP contribution in [-0.4, -0.2) is 7.11 Å². The SMILES string of the molecule is COc1cc(F)ccc1Nc1cc(Br)c(F)cc1N. The molecule has 0 radical (unpaired) electrons. The van der Waals surface area contributed by atoms with Gasteiger partial charge in [-0.3, -0.25) is 0 Å². The fourth-order valence-electron chi connectivity index (χ4n) is 1.58. The monoisotopic (exact) mass is 328 g/mol. The molecule has 2 aromatic rings. The average Bonchev–Trinajstić information content (AvgIpc) is 2.37. The van der Waals surface area contributed by atoms with E-state index in [0.717, 1.165) is 0 Å². The maximum Gasteiger partial charge on any atom is 0.145 e. The van der Waals surface area contributed by atoms with E-state index in [0.29, 0.717) is 17.1 Å². The second-order valence-electron chi connectivity index (χ2n) is 3.82. The molecule has 0 aromatic heterocycles. The van der Waals surface area contributed by atoms with Gasteiger partial charge in [0.25, 0.3) is 0 Å². The third kappa shape index (κ3) is 2.96. The molecular weight excluding hydrogens is 318 g/mol. The standard InChI is InChI=1S/C13H11BrF2N2O/c1-19-13-4-7(15)2-3-11(13)18-12-5-8(14)9(16)6-10(12)17/h2-6,18H,17H2,1H3. The molecule has 6 heteroatoms. The zero-order valence-corrected chi connectivity index (χ0v) is 11.6. The highest BCUT2D eigenvalue weighted by atomic mass is 79.9. The predicted molar refractivity (Wildman–Crippen MR) is 74.7 cm³/mol. The molecule has 3 N–H and O–H groups in total. The van der Waals surface area contributed by atoms with Gasteiger partial charge < -0.3 is 15.8 Å². The van der Waals surface area contributed by atoms with Crippen LogP contribution in [0.5, 0.6) is 5.75 Å². The van der Waals surface area contributed by atoms with Gasteiger partial charge in [-0.2, -0.15) is 0 Å². The van der Waals surface area contributed by atoms with Crippen molar-refractivity contribution >= 4 is 33.0 Å². The number of benzene rings is 2. The minimum atomic E-state index is -0.450. The maximum atomic E-state index is 13.3. The molecule has 2 rings (SSSR count). The second kappa shape index (κ2) is 5.44. The van der Waals surface area contributed by atoms with Crippen LogP contribution < -0.4 is 15.8 Å². The lowest BCUT2D eigenvalue weighted by Crippen LogP contribution is -2.00. The van der Waals surface area contributed by atoms with E-state index < -0.39 is 11.6 Å². The summed E-state index contributed by atoms with van der Waals surface area (Å²) >= 11 is 3.08. The van der Waals surface area contributed by atoms with Crippen molar-refractivity contribution in [3.63, 3.8) is 0 Å². The normalized spacial score (nSPS) is 10.3. The lowest BCUT2D eigenvalue weighted by Gasteiger charge is -2.13. The van der Waals surface area contributed by atoms with E-state index in [4.69, 9.17) is 10.5 Å². The van der Waals surface area contributed by atoms with E-state index in [1.165, 1.54) is 37.4 Å². The molecule has 0 heterocycles. The molecule has 100 valence electrons. The number of nitrogens with one attached hydrogen (secondary N) is 1. The van der Waals surface area contributed by atoms with Gasteiger partial charge in [-0.25, -0.2) is 8.78 Å². The molecule has 0 atom stereocenters. The third-order valence-corrected chi connectivity index (χ3v) is 3.13. The summed E-state index contributed by atoms with van der Waals surface area (Å²) in [6.07, 6.45) is 0. The quantitative estimate of drug-likeness (QED) is 0.835. The highest BCUT2D eigenvalue weighted by Crippen LogP contribution is 2.33. The summed E-state index contributed by atoms with van der Waals surface area (Å²) in [5, 5.41) is 2.97. The Morgan fingerprint density at radius 2 is 1.89 bits per heavy atom. The second-order valence-corrected chi connectivity index (χ2v) is 4.68. The van der Waals surface area contributed by atoms with Crippen molar-refractivity contribution in [3.05, 3.63) is 46.4 Å². The summed E-state index contributed by atoms with van der Waals surface area (Å²) in [4.78, 5) is 0. The Balaban J connectivity index is 2.39. The first-order chi connectivity index (χ1) is 9.01. The topological polar surface area (TPSA) is 47.3 Å². The molecular formula is C13H11BrF2N2O. The van der Waals surface area contributed by atoms with Gasteiger partial charge in [0, 0.05) is 12.1 Å². The Bertz CT molecular complexity index is 620. The number of hydrogen-bond acceptors (Lipinski definition) is 3. The van der Waals surface area contributed by atoms with Gasteiger partial charge >= 0.3 is 0 Å². The van der Waals surface area contributed by atoms with Crippen LogP contribution >= 0.6 is 15.9 Å². The van der Waals surface area contributed by atoms with Gasteiger partial charge in [0.1, 0.15) is 17.4 Å². The molecule has 19 heavy (non-hydrogen) atoms. The number of hydrogen-bond donors (Lipinski definition) is 2. The number of nitrogen functional groups attached to an aromatic ring is 1. The Morgan fingerprint density at radius 1 is 1.16 bits per heavy atom. The summed E-state index contributed by atoms with van der Waals surface area (Å²) in [6.45, 7) is 0. The van der Waals surface area contributed by atoms with E-state index in [-0.39, 0.29) is 10.2 Å². The largest absolute Gasteiger partial charge is 0.494 e. The van der Waals surface area contributed by atoms with Gasteiger partial charge in [0.2, 0.25) is 0 Å². The predicted octanol–water partition coefficient (Wildman–Crippen LogP) is 4.06. The van der Waals surface area contributed by atoms with Crippen LogP contribution in [-0.2, 0) is 0 Å². The maximum absolute atomic E-state index is 13.3. The van der Waals surface area contributed by atoms with Crippen molar-refractivity contribution in [2.75, 3.05) is 18.2 Å². The zero-order chi connectivity index (χ0) is 14.0. The van der Waals surface area contributed by atoms with Gasteiger partial charge in [-0.1, -0.05) is 0 Å². The van der Waals surface area contributed by atoms with Crippen molar-refractivity contribution in [1.29, 1.82) is 0 Å². The van der Waals surface area contributed by atoms with Crippen LogP contribution in [0, 0.1) is 11.6 Å². The Kier molecular flexibility index (Phi) is 3.90. The fraction of sp³-hybridized carbons (Fsp3) is 0.0769. The smallest absolute Gasteiger partial charge is 0.145 e. The van der Waals surface area contributed by atoms with Gasteiger partial charge in [-0.15, -0.1) is 0 Å². The first-order valence-electron chi connectivity index (χ1n) is 5.36. The Hall–Kier alpha value is -1.82. The molecule has 0 saturated heterocycles. The highest BCUT2D eigenvalue weighted by molar-refractivity contribution is 9.10. The number of rotatable bonds is 3. The number of nitrogens with two attached hydrogens (primary N) is 1. The molecule has 2 aromatic carbocycles. The molecule has 0 aliphatic heterocycles. The summed E-state index contributed by atoms with van der Waals surface area (Å²) in [5.74, 6) is -0.523. The van der Waals surface area contributed by atoms with Crippen molar-refractivity contribution in [1.82, 2.24) is 0 Å². The summed E-state index contributed by atoms with van der Waals surface area (Å²) in [7, 11) is 1.43. The summed E-state index contributed by atoms with van der Waals surface area (Å²) in [5.41, 5.74) is 7.00. The van der Waals surface area contributed by atoms with Crippen molar-refractivity contribution in [2.45, 2.75) is 0 Å². The number of halogens is 3. The lowest BCUT2D eigenvalue weighted by atomic mass is 10.2. The third-order valence-electron chi connectivity index (χ3n) is 2.53. The van der Waals surface area contributed by atoms with Crippen LogP contribution in [0.25, 0.3) is 0 Å². The number of anilines is 3. The van der Waals surface area contributed by atoms with Crippen LogP contribution in [0.1, 0.15) is 0 Å². The van der Waals surface area contributed by atoms with E-state index in [9.17, 15) is 8.78 Å². The first-order valence-corrected chi connectivity index (χ1v) is 6.15. The minimum Gasteiger partial charge on any atom is -0.494 e. The molecule has 0 spiro atoms. The number of methoxy groups -OCH3 is 1. The molecule has 0 fully saturated rings. The van der Waals surface area contributed by atoms with Gasteiger partial charge in [-0.05, 0) is 34.1 Å². The number of ether oxygens (including phenoxy) is 1. The van der Waals surface area contributed by atoms with Crippen LogP contribution in [0.4, 0.5) is 25.8 Å². The van der Waals surface area contributed by atoms with E-state index in [1.807, 2.05) is 0 Å². The molecule has 0 saturated carbocycles. The molecule has 0 aliphatic carbocycles. The fourth-order valence-corrected chi connectivity index (χ4v) is 1.93. The molecule has 0 unspecified atom stereocenters.